The highest BCUT2D eigenvalue weighted by Gasteiger charge is 2.29. The van der Waals surface area contributed by atoms with Crippen molar-refractivity contribution in [3.05, 3.63) is 59.7 Å². The SMILES string of the molecule is CN(C)c1ccc(CNc2ccc(C(F)(F)F)cc2)cc1. The zero-order valence-corrected chi connectivity index (χ0v) is 11.9. The van der Waals surface area contributed by atoms with Gasteiger partial charge in [0.15, 0.2) is 0 Å². The van der Waals surface area contributed by atoms with Crippen LogP contribution in [0.5, 0.6) is 0 Å². The molecule has 2 aromatic rings. The molecule has 2 aromatic carbocycles. The summed E-state index contributed by atoms with van der Waals surface area (Å²) in [6.45, 7) is 0.569. The van der Waals surface area contributed by atoms with E-state index in [1.54, 1.807) is 0 Å². The fourth-order valence-corrected chi connectivity index (χ4v) is 1.89. The van der Waals surface area contributed by atoms with Gasteiger partial charge in [0.25, 0.3) is 0 Å². The molecule has 0 fully saturated rings. The minimum atomic E-state index is -4.29. The van der Waals surface area contributed by atoms with E-state index in [9.17, 15) is 13.2 Å². The number of alkyl halides is 3. The van der Waals surface area contributed by atoms with E-state index in [2.05, 4.69) is 5.32 Å². The summed E-state index contributed by atoms with van der Waals surface area (Å²) in [6, 6.07) is 13.0. The van der Waals surface area contributed by atoms with Gasteiger partial charge in [-0.1, -0.05) is 12.1 Å². The molecule has 0 unspecified atom stereocenters. The Morgan fingerprint density at radius 1 is 0.905 bits per heavy atom. The van der Waals surface area contributed by atoms with Crippen molar-refractivity contribution >= 4 is 11.4 Å². The molecule has 21 heavy (non-hydrogen) atoms. The maximum Gasteiger partial charge on any atom is 0.416 e. The monoisotopic (exact) mass is 294 g/mol. The van der Waals surface area contributed by atoms with Crippen molar-refractivity contribution < 1.29 is 13.2 Å². The first-order chi connectivity index (χ1) is 9.86. The number of hydrogen-bond donors (Lipinski definition) is 1. The molecule has 112 valence electrons. The highest BCUT2D eigenvalue weighted by Crippen LogP contribution is 2.29. The quantitative estimate of drug-likeness (QED) is 0.900. The van der Waals surface area contributed by atoms with E-state index in [1.165, 1.54) is 12.1 Å². The fraction of sp³-hybridized carbons (Fsp3) is 0.250. The Hall–Kier alpha value is -2.17. The number of nitrogens with one attached hydrogen (secondary N) is 1. The number of nitrogens with zero attached hydrogens (tertiary/aromatic N) is 1. The molecule has 0 atom stereocenters. The van der Waals surface area contributed by atoms with Crippen LogP contribution in [0.2, 0.25) is 0 Å². The number of rotatable bonds is 4. The number of hydrogen-bond acceptors (Lipinski definition) is 2. The minimum absolute atomic E-state index is 0.569. The molecule has 0 aliphatic heterocycles. The van der Waals surface area contributed by atoms with Crippen molar-refractivity contribution in [2.45, 2.75) is 12.7 Å². The van der Waals surface area contributed by atoms with Crippen LogP contribution in [0.25, 0.3) is 0 Å². The lowest BCUT2D eigenvalue weighted by Crippen LogP contribution is -2.08. The lowest BCUT2D eigenvalue weighted by molar-refractivity contribution is -0.137. The third-order valence-corrected chi connectivity index (χ3v) is 3.16. The van der Waals surface area contributed by atoms with Gasteiger partial charge in [-0.2, -0.15) is 13.2 Å². The summed E-state index contributed by atoms with van der Waals surface area (Å²) in [5.41, 5.74) is 2.21. The second-order valence-corrected chi connectivity index (χ2v) is 4.99. The summed E-state index contributed by atoms with van der Waals surface area (Å²) in [5, 5.41) is 3.11. The molecule has 0 saturated heterocycles. The second-order valence-electron chi connectivity index (χ2n) is 4.99. The van der Waals surface area contributed by atoms with Gasteiger partial charge in [-0.25, -0.2) is 0 Å². The first-order valence-electron chi connectivity index (χ1n) is 6.53. The lowest BCUT2D eigenvalue weighted by Gasteiger charge is -2.13. The van der Waals surface area contributed by atoms with E-state index in [-0.39, 0.29) is 0 Å². The Bertz CT molecular complexity index is 572. The Labute approximate surface area is 122 Å². The summed E-state index contributed by atoms with van der Waals surface area (Å²) in [6.07, 6.45) is -4.29. The summed E-state index contributed by atoms with van der Waals surface area (Å²) in [4.78, 5) is 2.01. The van der Waals surface area contributed by atoms with E-state index < -0.39 is 11.7 Å². The summed E-state index contributed by atoms with van der Waals surface area (Å²) < 4.78 is 37.3. The molecule has 1 N–H and O–H groups in total. The normalized spacial score (nSPS) is 11.3. The van der Waals surface area contributed by atoms with Crippen molar-refractivity contribution in [3.63, 3.8) is 0 Å². The average Bonchev–Trinajstić information content (AvgIpc) is 2.45. The topological polar surface area (TPSA) is 15.3 Å². The van der Waals surface area contributed by atoms with Crippen molar-refractivity contribution in [1.82, 2.24) is 0 Å². The Kier molecular flexibility index (Phi) is 4.40. The molecule has 0 heterocycles. The van der Waals surface area contributed by atoms with Crippen molar-refractivity contribution in [2.75, 3.05) is 24.3 Å². The van der Waals surface area contributed by atoms with Gasteiger partial charge in [0, 0.05) is 32.0 Å². The van der Waals surface area contributed by atoms with Gasteiger partial charge < -0.3 is 10.2 Å². The smallest absolute Gasteiger partial charge is 0.381 e. The maximum absolute atomic E-state index is 12.4. The molecule has 0 aromatic heterocycles. The Morgan fingerprint density at radius 2 is 1.48 bits per heavy atom. The number of anilines is 2. The molecular formula is C16H17F3N2. The van der Waals surface area contributed by atoms with Gasteiger partial charge in [-0.3, -0.25) is 0 Å². The van der Waals surface area contributed by atoms with Crippen molar-refractivity contribution in [3.8, 4) is 0 Å². The van der Waals surface area contributed by atoms with Crippen LogP contribution in [0.1, 0.15) is 11.1 Å². The standard InChI is InChI=1S/C16H17F3N2/c1-21(2)15-9-3-12(4-10-15)11-20-14-7-5-13(6-8-14)16(17,18)19/h3-10,20H,11H2,1-2H3. The third-order valence-electron chi connectivity index (χ3n) is 3.16. The molecule has 2 nitrogen and oxygen atoms in total. The zero-order chi connectivity index (χ0) is 15.5. The molecular weight excluding hydrogens is 277 g/mol. The molecule has 0 aliphatic carbocycles. The highest BCUT2D eigenvalue weighted by molar-refractivity contribution is 5.48. The van der Waals surface area contributed by atoms with Crippen LogP contribution in [0, 0.1) is 0 Å². The first-order valence-corrected chi connectivity index (χ1v) is 6.53. The molecule has 0 aliphatic rings. The van der Waals surface area contributed by atoms with Crippen molar-refractivity contribution in [1.29, 1.82) is 0 Å². The van der Waals surface area contributed by atoms with Crippen LogP contribution in [0.3, 0.4) is 0 Å². The predicted molar refractivity (Wildman–Crippen MR) is 79.5 cm³/mol. The zero-order valence-electron chi connectivity index (χ0n) is 11.9. The summed E-state index contributed by atoms with van der Waals surface area (Å²) >= 11 is 0. The largest absolute Gasteiger partial charge is 0.416 e. The number of halogens is 3. The predicted octanol–water partition coefficient (Wildman–Crippen LogP) is 4.38. The summed E-state index contributed by atoms with van der Waals surface area (Å²) in [5.74, 6) is 0. The maximum atomic E-state index is 12.4. The Morgan fingerprint density at radius 3 is 1.95 bits per heavy atom. The van der Waals surface area contributed by atoms with E-state index in [0.717, 1.165) is 23.4 Å². The summed E-state index contributed by atoms with van der Waals surface area (Å²) in [7, 11) is 3.94. The van der Waals surface area contributed by atoms with Crippen LogP contribution in [0.15, 0.2) is 48.5 Å². The van der Waals surface area contributed by atoms with Crippen LogP contribution < -0.4 is 10.2 Å². The van der Waals surface area contributed by atoms with Crippen LogP contribution in [-0.2, 0) is 12.7 Å². The second kappa shape index (κ2) is 6.08. The number of benzene rings is 2. The third kappa shape index (κ3) is 4.15. The van der Waals surface area contributed by atoms with Gasteiger partial charge >= 0.3 is 6.18 Å². The van der Waals surface area contributed by atoms with Crippen LogP contribution in [-0.4, -0.2) is 14.1 Å². The van der Waals surface area contributed by atoms with Gasteiger partial charge in [0.2, 0.25) is 0 Å². The first kappa shape index (κ1) is 15.2. The molecule has 0 bridgehead atoms. The fourth-order valence-electron chi connectivity index (χ4n) is 1.89. The van der Waals surface area contributed by atoms with E-state index in [0.29, 0.717) is 12.2 Å². The Balaban J connectivity index is 1.96. The van der Waals surface area contributed by atoms with E-state index >= 15 is 0 Å². The molecule has 0 radical (unpaired) electrons. The lowest BCUT2D eigenvalue weighted by atomic mass is 10.1. The van der Waals surface area contributed by atoms with Gasteiger partial charge in [0.1, 0.15) is 0 Å². The molecule has 2 rings (SSSR count). The minimum Gasteiger partial charge on any atom is -0.381 e. The molecule has 5 heteroatoms. The van der Waals surface area contributed by atoms with Crippen molar-refractivity contribution in [2.24, 2.45) is 0 Å². The highest BCUT2D eigenvalue weighted by atomic mass is 19.4. The van der Waals surface area contributed by atoms with Crippen LogP contribution in [0.4, 0.5) is 24.5 Å². The molecule has 0 amide bonds. The van der Waals surface area contributed by atoms with Gasteiger partial charge in [-0.05, 0) is 42.0 Å². The van der Waals surface area contributed by atoms with E-state index in [4.69, 9.17) is 0 Å². The molecule has 0 spiro atoms. The van der Waals surface area contributed by atoms with Gasteiger partial charge in [0.05, 0.1) is 5.56 Å². The van der Waals surface area contributed by atoms with E-state index in [1.807, 2.05) is 43.3 Å². The molecule has 0 saturated carbocycles. The van der Waals surface area contributed by atoms with Crippen LogP contribution >= 0.6 is 0 Å². The average molecular weight is 294 g/mol. The van der Waals surface area contributed by atoms with Gasteiger partial charge in [-0.15, -0.1) is 0 Å².